The monoisotopic (exact) mass is 550 g/mol. The molecule has 0 aliphatic carbocycles. The predicted molar refractivity (Wildman–Crippen MR) is 177 cm³/mol. The molecule has 1 heterocycles. The van der Waals surface area contributed by atoms with Gasteiger partial charge in [-0.25, -0.2) is 0 Å². The van der Waals surface area contributed by atoms with E-state index in [9.17, 15) is 0 Å². The highest BCUT2D eigenvalue weighted by Crippen LogP contribution is 2.55. The van der Waals surface area contributed by atoms with E-state index in [0.717, 1.165) is 11.1 Å². The van der Waals surface area contributed by atoms with E-state index in [1.807, 2.05) is 0 Å². The Morgan fingerprint density at radius 3 is 1.19 bits per heavy atom. The van der Waals surface area contributed by atoms with E-state index < -0.39 is 24.2 Å². The van der Waals surface area contributed by atoms with Gasteiger partial charge in [-0.1, -0.05) is 175 Å². The third-order valence-electron chi connectivity index (χ3n) is 9.48. The number of benzene rings is 2. The van der Waals surface area contributed by atoms with E-state index in [4.69, 9.17) is 0 Å². The first-order valence-corrected chi connectivity index (χ1v) is 25.3. The van der Waals surface area contributed by atoms with Gasteiger partial charge in [-0.15, -0.1) is 0 Å². The molecule has 2 aromatic carbocycles. The van der Waals surface area contributed by atoms with Crippen LogP contribution < -0.4 is 10.4 Å². The highest BCUT2D eigenvalue weighted by Gasteiger charge is 2.51. The topological polar surface area (TPSA) is 0 Å². The molecule has 0 spiro atoms. The minimum atomic E-state index is -1.58. The Morgan fingerprint density at radius 2 is 0.892 bits per heavy atom. The Morgan fingerprint density at radius 1 is 0.541 bits per heavy atom. The van der Waals surface area contributed by atoms with Crippen LogP contribution in [-0.2, 0) is 0 Å². The van der Waals surface area contributed by atoms with E-state index >= 15 is 0 Å². The largest absolute Gasteiger partial charge is 0.0775 e. The molecule has 0 amide bonds. The van der Waals surface area contributed by atoms with Gasteiger partial charge >= 0.3 is 0 Å². The maximum Gasteiger partial charge on any atom is 0.0775 e. The predicted octanol–water partition coefficient (Wildman–Crippen LogP) is 10.1. The molecule has 2 aromatic rings. The zero-order chi connectivity index (χ0) is 27.1. The van der Waals surface area contributed by atoms with Crippen molar-refractivity contribution in [2.75, 3.05) is 0 Å². The van der Waals surface area contributed by atoms with E-state index in [1.54, 1.807) is 33.6 Å². The van der Waals surface area contributed by atoms with Gasteiger partial charge in [0.2, 0.25) is 0 Å². The summed E-state index contributed by atoms with van der Waals surface area (Å²) in [5.74, 6) is 0. The highest BCUT2D eigenvalue weighted by atomic mass is 28.3. The molecule has 0 radical (unpaired) electrons. The molecule has 3 rings (SSSR count). The number of unbranched alkanes of at least 4 members (excludes halogenated alkanes) is 6. The van der Waals surface area contributed by atoms with Crippen LogP contribution in [0.2, 0.25) is 51.4 Å². The van der Waals surface area contributed by atoms with E-state index in [-0.39, 0.29) is 0 Å². The molecule has 3 heteroatoms. The fourth-order valence-electron chi connectivity index (χ4n) is 7.16. The van der Waals surface area contributed by atoms with Crippen molar-refractivity contribution in [1.82, 2.24) is 0 Å². The summed E-state index contributed by atoms with van der Waals surface area (Å²) in [6.45, 7) is 19.6. The summed E-state index contributed by atoms with van der Waals surface area (Å²) in [6.07, 6.45) is 14.1. The second-order valence-electron chi connectivity index (χ2n) is 14.3. The van der Waals surface area contributed by atoms with Crippen molar-refractivity contribution in [3.63, 3.8) is 0 Å². The van der Waals surface area contributed by atoms with Gasteiger partial charge in [0.15, 0.2) is 0 Å². The summed E-state index contributed by atoms with van der Waals surface area (Å²) in [5.41, 5.74) is 5.07. The van der Waals surface area contributed by atoms with Crippen molar-refractivity contribution in [2.24, 2.45) is 0 Å². The van der Waals surface area contributed by atoms with Crippen molar-refractivity contribution >= 4 is 34.6 Å². The molecule has 2 atom stereocenters. The second-order valence-corrected chi connectivity index (χ2v) is 29.3. The first-order valence-electron chi connectivity index (χ1n) is 15.7. The molecule has 0 N–H and O–H groups in total. The second kappa shape index (κ2) is 13.4. The molecule has 1 fully saturated rings. The zero-order valence-corrected chi connectivity index (χ0v) is 28.8. The fraction of sp³-hybridized carbons (Fsp3) is 0.647. The quantitative estimate of drug-likeness (QED) is 0.162. The molecule has 1 aliphatic heterocycles. The lowest BCUT2D eigenvalue weighted by Gasteiger charge is -2.40. The third-order valence-corrected chi connectivity index (χ3v) is 20.2. The van der Waals surface area contributed by atoms with Crippen LogP contribution in [0.25, 0.3) is 0 Å². The van der Waals surface area contributed by atoms with Crippen molar-refractivity contribution in [3.05, 3.63) is 59.7 Å². The normalized spacial score (nSPS) is 19.9. The van der Waals surface area contributed by atoms with Gasteiger partial charge in [-0.05, 0) is 35.1 Å². The first-order chi connectivity index (χ1) is 17.5. The summed E-state index contributed by atoms with van der Waals surface area (Å²) in [5, 5.41) is 3.23. The summed E-state index contributed by atoms with van der Waals surface area (Å²) in [6, 6.07) is 23.5. The van der Waals surface area contributed by atoms with Gasteiger partial charge in [0.1, 0.15) is 0 Å². The van der Waals surface area contributed by atoms with Gasteiger partial charge in [0.25, 0.3) is 0 Å². The van der Waals surface area contributed by atoms with Crippen molar-refractivity contribution in [2.45, 2.75) is 141 Å². The molecular formula is C34H58Si3. The van der Waals surface area contributed by atoms with E-state index in [0.29, 0.717) is 0 Å². The molecule has 0 saturated carbocycles. The van der Waals surface area contributed by atoms with Gasteiger partial charge in [-0.3, -0.25) is 0 Å². The standard InChI is InChI=1S/C34H58Si3/c1-9-11-13-15-27-37(28-16-14-12-10-2)33(29-17-21-31(22-18-29)35(3,4)5)25-26-34(37)30-19-23-32(24-20-30)36(6,7)8/h17-24,33-34H,9-16,25-28H2,1-8H3. The van der Waals surface area contributed by atoms with Crippen LogP contribution in [0.3, 0.4) is 0 Å². The molecule has 206 valence electrons. The molecule has 2 unspecified atom stereocenters. The SMILES string of the molecule is CCCCCC[Si]1(CCCCCC)C(c2ccc([Si](C)(C)C)cc2)CCC1c1ccc([Si](C)(C)C)cc1. The fourth-order valence-corrected chi connectivity index (χ4v) is 16.6. The molecular weight excluding hydrogens is 493 g/mol. The minimum Gasteiger partial charge on any atom is -0.0656 e. The van der Waals surface area contributed by atoms with Crippen molar-refractivity contribution in [3.8, 4) is 0 Å². The summed E-state index contributed by atoms with van der Waals surface area (Å²) >= 11 is 0. The van der Waals surface area contributed by atoms with Gasteiger partial charge in [0.05, 0.1) is 24.2 Å². The van der Waals surface area contributed by atoms with Crippen LogP contribution in [0.4, 0.5) is 0 Å². The molecule has 1 saturated heterocycles. The van der Waals surface area contributed by atoms with Crippen LogP contribution in [-0.4, -0.2) is 24.2 Å². The van der Waals surface area contributed by atoms with Crippen molar-refractivity contribution < 1.29 is 0 Å². The molecule has 1 aliphatic rings. The Kier molecular flexibility index (Phi) is 11.1. The summed E-state index contributed by atoms with van der Waals surface area (Å²) in [4.78, 5) is 0. The number of hydrogen-bond donors (Lipinski definition) is 0. The maximum absolute atomic E-state index is 2.58. The lowest BCUT2D eigenvalue weighted by molar-refractivity contribution is 0.671. The van der Waals surface area contributed by atoms with Crippen LogP contribution in [0.5, 0.6) is 0 Å². The lowest BCUT2D eigenvalue weighted by Crippen LogP contribution is -2.44. The molecule has 0 aromatic heterocycles. The Hall–Kier alpha value is -0.909. The minimum absolute atomic E-state index is 0.841. The van der Waals surface area contributed by atoms with E-state index in [1.165, 1.54) is 64.2 Å². The average molecular weight is 551 g/mol. The third kappa shape index (κ3) is 7.82. The van der Waals surface area contributed by atoms with Gasteiger partial charge < -0.3 is 0 Å². The Bertz CT molecular complexity index is 852. The average Bonchev–Trinajstić information content (AvgIpc) is 3.23. The van der Waals surface area contributed by atoms with Crippen LogP contribution in [0, 0.1) is 0 Å². The Labute approximate surface area is 234 Å². The molecule has 37 heavy (non-hydrogen) atoms. The van der Waals surface area contributed by atoms with Crippen LogP contribution in [0.1, 0.15) is 100 Å². The van der Waals surface area contributed by atoms with Gasteiger partial charge in [-0.2, -0.15) is 0 Å². The summed E-state index contributed by atoms with van der Waals surface area (Å²) < 4.78 is 0. The smallest absolute Gasteiger partial charge is 0.0656 e. The lowest BCUT2D eigenvalue weighted by atomic mass is 10.0. The van der Waals surface area contributed by atoms with E-state index in [2.05, 4.69) is 102 Å². The molecule has 0 nitrogen and oxygen atoms in total. The zero-order valence-electron chi connectivity index (χ0n) is 25.8. The maximum atomic E-state index is 2.58. The van der Waals surface area contributed by atoms with Crippen LogP contribution >= 0.6 is 0 Å². The Balaban J connectivity index is 2.01. The first kappa shape index (κ1) is 30.6. The van der Waals surface area contributed by atoms with Crippen LogP contribution in [0.15, 0.2) is 48.5 Å². The summed E-state index contributed by atoms with van der Waals surface area (Å²) in [7, 11) is -4.11. The van der Waals surface area contributed by atoms with Crippen molar-refractivity contribution in [1.29, 1.82) is 0 Å². The highest BCUT2D eigenvalue weighted by molar-refractivity contribution is 6.89. The number of rotatable bonds is 14. The number of hydrogen-bond acceptors (Lipinski definition) is 0. The van der Waals surface area contributed by atoms with Gasteiger partial charge in [0, 0.05) is 0 Å². The molecule has 0 bridgehead atoms.